The molecule has 11 heteroatoms. The third kappa shape index (κ3) is 8.48. The Bertz CT molecular complexity index is 156. The average Bonchev–Trinajstić information content (AvgIpc) is 2.16. The van der Waals surface area contributed by atoms with Crippen LogP contribution in [0.3, 0.4) is 0 Å². The summed E-state index contributed by atoms with van der Waals surface area (Å²) in [5, 5.41) is 0.669. The van der Waals surface area contributed by atoms with Crippen molar-refractivity contribution in [2.24, 2.45) is 11.7 Å². The summed E-state index contributed by atoms with van der Waals surface area (Å²) in [7, 11) is 0. The second-order valence-electron chi connectivity index (χ2n) is 1.73. The van der Waals surface area contributed by atoms with Gasteiger partial charge in [-0.05, 0) is 0 Å². The van der Waals surface area contributed by atoms with Crippen molar-refractivity contribution in [1.82, 2.24) is 28.1 Å². The molecule has 0 aliphatic rings. The van der Waals surface area contributed by atoms with Crippen LogP contribution >= 0.6 is 24.4 Å². The first-order valence-electron chi connectivity index (χ1n) is 3.19. The Kier molecular flexibility index (Phi) is 8.84. The molecular formula is C2H10HgN8S2. The Hall–Kier alpha value is 0.155. The minimum absolute atomic E-state index is 0.335. The second kappa shape index (κ2) is 8.74. The van der Waals surface area contributed by atoms with E-state index in [2.05, 4.69) is 28.1 Å². The summed E-state index contributed by atoms with van der Waals surface area (Å²) < 4.78 is 5.80. The Morgan fingerprint density at radius 2 is 1.31 bits per heavy atom. The van der Waals surface area contributed by atoms with E-state index in [9.17, 15) is 0 Å². The van der Waals surface area contributed by atoms with E-state index in [1.165, 1.54) is 0 Å². The molecule has 0 saturated heterocycles. The van der Waals surface area contributed by atoms with Crippen LogP contribution < -0.4 is 39.8 Å². The van der Waals surface area contributed by atoms with Crippen molar-refractivity contribution in [2.75, 3.05) is 0 Å². The van der Waals surface area contributed by atoms with Gasteiger partial charge in [0.25, 0.3) is 0 Å². The van der Waals surface area contributed by atoms with Gasteiger partial charge in [-0.3, -0.25) is 0 Å². The Morgan fingerprint density at radius 3 is 1.62 bits per heavy atom. The Labute approximate surface area is 99.1 Å². The molecule has 8 nitrogen and oxygen atoms in total. The molecule has 0 spiro atoms. The molecule has 0 saturated carbocycles. The molecule has 0 heterocycles. The summed E-state index contributed by atoms with van der Waals surface area (Å²) in [5.41, 5.74) is 9.87. The first kappa shape index (κ1) is 13.2. The van der Waals surface area contributed by atoms with Crippen LogP contribution in [0.2, 0.25) is 0 Å². The van der Waals surface area contributed by atoms with Gasteiger partial charge in [0.15, 0.2) is 0 Å². The summed E-state index contributed by atoms with van der Waals surface area (Å²) in [4.78, 5) is 0. The van der Waals surface area contributed by atoms with Gasteiger partial charge in [-0.25, -0.2) is 0 Å². The van der Waals surface area contributed by atoms with Gasteiger partial charge in [-0.2, -0.15) is 0 Å². The zero-order valence-corrected chi connectivity index (χ0v) is 13.8. The number of hydrazine groups is 4. The molecular weight excluding hydrogens is 401 g/mol. The van der Waals surface area contributed by atoms with Crippen LogP contribution in [0.5, 0.6) is 0 Å². The summed E-state index contributed by atoms with van der Waals surface area (Å²) >= 11 is 7.93. The van der Waals surface area contributed by atoms with Crippen LogP contribution in [-0.4, -0.2) is 10.2 Å². The average molecular weight is 411 g/mol. The van der Waals surface area contributed by atoms with Crippen molar-refractivity contribution >= 4 is 34.7 Å². The zero-order valence-electron chi connectivity index (χ0n) is 6.68. The first-order chi connectivity index (χ1) is 6.20. The van der Waals surface area contributed by atoms with E-state index in [1.807, 2.05) is 0 Å². The fraction of sp³-hybridized carbons (Fsp3) is 0. The molecule has 0 bridgehead atoms. The monoisotopic (exact) mass is 412 g/mol. The number of thiocarbonyl (C=S) groups is 2. The molecule has 10 N–H and O–H groups in total. The molecule has 0 aromatic rings. The fourth-order valence-electron chi connectivity index (χ4n) is 0.365. The zero-order chi connectivity index (χ0) is 10.1. The van der Waals surface area contributed by atoms with Gasteiger partial charge in [-0.15, -0.1) is 0 Å². The number of hydrogen-bond acceptors (Lipinski definition) is 6. The van der Waals surface area contributed by atoms with Gasteiger partial charge in [0, 0.05) is 0 Å². The van der Waals surface area contributed by atoms with Crippen molar-refractivity contribution in [3.05, 3.63) is 0 Å². The third-order valence-electron chi connectivity index (χ3n) is 0.843. The molecule has 0 unspecified atom stereocenters. The van der Waals surface area contributed by atoms with Crippen molar-refractivity contribution in [1.29, 1.82) is 0 Å². The number of rotatable bonds is 4. The van der Waals surface area contributed by atoms with E-state index in [1.54, 1.807) is 0 Å². The third-order valence-corrected chi connectivity index (χ3v) is 4.03. The summed E-state index contributed by atoms with van der Waals surface area (Å²) in [6.07, 6.45) is 0. The van der Waals surface area contributed by atoms with Gasteiger partial charge >= 0.3 is 99.6 Å². The van der Waals surface area contributed by atoms with Gasteiger partial charge in [0.2, 0.25) is 0 Å². The summed E-state index contributed by atoms with van der Waals surface area (Å²) in [6.45, 7) is 0. The normalized spacial score (nSPS) is 8.15. The SMILES string of the molecule is NNC(=S)N[NH][Hg][NH]NC(=S)NN. The molecule has 0 aromatic carbocycles. The summed E-state index contributed by atoms with van der Waals surface area (Å²) in [5.74, 6) is 10.0. The van der Waals surface area contributed by atoms with E-state index >= 15 is 0 Å². The molecule has 0 rings (SSSR count). The maximum absolute atomic E-state index is 5.00. The molecule has 0 amide bonds. The fourth-order valence-corrected chi connectivity index (χ4v) is 3.91. The van der Waals surface area contributed by atoms with Crippen LogP contribution in [0.25, 0.3) is 0 Å². The number of nitrogens with two attached hydrogens (primary N) is 2. The molecule has 72 valence electrons. The molecule has 0 fully saturated rings. The molecule has 0 atom stereocenters. The maximum atomic E-state index is 5.00. The van der Waals surface area contributed by atoms with Crippen molar-refractivity contribution in [3.63, 3.8) is 0 Å². The first-order valence-corrected chi connectivity index (χ1v) is 9.51. The standard InChI is InChI=1S/2CH5N4S.Hg/c2*2-4-1(6)5-3;/h2*2H,3H2,(H2,4,5,6);/q2*-1;+2. The Balaban J connectivity index is 3.17. The summed E-state index contributed by atoms with van der Waals surface area (Å²) in [6, 6.07) is 0. The van der Waals surface area contributed by atoms with Crippen molar-refractivity contribution in [3.8, 4) is 0 Å². The van der Waals surface area contributed by atoms with E-state index in [0.717, 1.165) is 0 Å². The van der Waals surface area contributed by atoms with Crippen LogP contribution in [0, 0.1) is 0 Å². The van der Waals surface area contributed by atoms with Crippen LogP contribution in [0.1, 0.15) is 0 Å². The van der Waals surface area contributed by atoms with Gasteiger partial charge in [0.1, 0.15) is 0 Å². The second-order valence-corrected chi connectivity index (χ2v) is 6.67. The predicted octanol–water partition coefficient (Wildman–Crippen LogP) is -3.42. The quantitative estimate of drug-likeness (QED) is 0.0781. The topological polar surface area (TPSA) is 124 Å². The molecule has 13 heavy (non-hydrogen) atoms. The van der Waals surface area contributed by atoms with Crippen LogP contribution in [-0.2, 0) is 25.2 Å². The number of nitrogens with one attached hydrogen (secondary N) is 6. The minimum atomic E-state index is -1.47. The Morgan fingerprint density at radius 1 is 0.923 bits per heavy atom. The predicted molar refractivity (Wildman–Crippen MR) is 52.4 cm³/mol. The van der Waals surface area contributed by atoms with E-state index < -0.39 is 25.2 Å². The number of hydrogen-bond donors (Lipinski definition) is 8. The van der Waals surface area contributed by atoms with E-state index in [4.69, 9.17) is 36.1 Å². The van der Waals surface area contributed by atoms with Gasteiger partial charge in [-0.1, -0.05) is 0 Å². The van der Waals surface area contributed by atoms with Gasteiger partial charge in [0.05, 0.1) is 0 Å². The molecule has 0 aliphatic carbocycles. The van der Waals surface area contributed by atoms with E-state index in [0.29, 0.717) is 10.2 Å². The van der Waals surface area contributed by atoms with Crippen LogP contribution in [0.4, 0.5) is 0 Å². The van der Waals surface area contributed by atoms with Crippen molar-refractivity contribution < 1.29 is 25.2 Å². The molecule has 0 radical (unpaired) electrons. The van der Waals surface area contributed by atoms with E-state index in [-0.39, 0.29) is 0 Å². The van der Waals surface area contributed by atoms with Crippen molar-refractivity contribution in [2.45, 2.75) is 0 Å². The molecule has 0 aliphatic heterocycles. The van der Waals surface area contributed by atoms with Crippen LogP contribution in [0.15, 0.2) is 0 Å². The van der Waals surface area contributed by atoms with Gasteiger partial charge < -0.3 is 0 Å². The molecule has 0 aromatic heterocycles.